The Bertz CT molecular complexity index is 404. The van der Waals surface area contributed by atoms with Crippen molar-refractivity contribution in [3.8, 4) is 0 Å². The molecule has 0 radical (unpaired) electrons. The summed E-state index contributed by atoms with van der Waals surface area (Å²) in [6.07, 6.45) is 12.6. The first kappa shape index (κ1) is 12.1. The normalized spacial score (nSPS) is 17.4. The zero-order valence-electron chi connectivity index (χ0n) is 9.80. The summed E-state index contributed by atoms with van der Waals surface area (Å²) in [5, 5.41) is 4.13. The Kier molecular flexibility index (Phi) is 4.14. The molecule has 0 atom stereocenters. The van der Waals surface area contributed by atoms with Crippen LogP contribution in [0.5, 0.6) is 0 Å². The average molecular weight is 250 g/mol. The van der Waals surface area contributed by atoms with Crippen LogP contribution in [0.2, 0.25) is 0 Å². The van der Waals surface area contributed by atoms with Crippen LogP contribution >= 0.6 is 12.2 Å². The molecule has 3 N–H and O–H groups in total. The largest absolute Gasteiger partial charge is 0.375 e. The van der Waals surface area contributed by atoms with Gasteiger partial charge in [-0.1, -0.05) is 19.3 Å². The smallest absolute Gasteiger partial charge is 0.184 e. The molecule has 0 aromatic carbocycles. The SMILES string of the molecule is NC(=S)N/N=C\c1ccn(C2CCCCC2)c1. The second kappa shape index (κ2) is 5.82. The van der Waals surface area contributed by atoms with Gasteiger partial charge in [-0.15, -0.1) is 0 Å². The Morgan fingerprint density at radius 3 is 2.94 bits per heavy atom. The van der Waals surface area contributed by atoms with E-state index in [1.807, 2.05) is 0 Å². The van der Waals surface area contributed by atoms with Crippen molar-refractivity contribution in [3.05, 3.63) is 24.0 Å². The van der Waals surface area contributed by atoms with E-state index in [4.69, 9.17) is 5.73 Å². The number of hydrogen-bond acceptors (Lipinski definition) is 2. The summed E-state index contributed by atoms with van der Waals surface area (Å²) in [7, 11) is 0. The topological polar surface area (TPSA) is 55.3 Å². The molecule has 1 aliphatic rings. The predicted octanol–water partition coefficient (Wildman–Crippen LogP) is 2.16. The lowest BCUT2D eigenvalue weighted by Crippen LogP contribution is -2.23. The molecular formula is C12H18N4S. The molecule has 1 aromatic heterocycles. The van der Waals surface area contributed by atoms with Gasteiger partial charge in [0.2, 0.25) is 0 Å². The van der Waals surface area contributed by atoms with Crippen LogP contribution < -0.4 is 11.2 Å². The number of thiocarbonyl (C=S) groups is 1. The minimum Gasteiger partial charge on any atom is -0.375 e. The summed E-state index contributed by atoms with van der Waals surface area (Å²) in [4.78, 5) is 0. The first-order valence-electron chi connectivity index (χ1n) is 6.02. The molecule has 5 heteroatoms. The van der Waals surface area contributed by atoms with Gasteiger partial charge in [-0.3, -0.25) is 5.43 Å². The maximum absolute atomic E-state index is 5.28. The van der Waals surface area contributed by atoms with E-state index in [0.29, 0.717) is 6.04 Å². The maximum atomic E-state index is 5.28. The number of hydrogen-bond donors (Lipinski definition) is 2. The van der Waals surface area contributed by atoms with E-state index in [9.17, 15) is 0 Å². The van der Waals surface area contributed by atoms with Crippen LogP contribution in [0.15, 0.2) is 23.6 Å². The van der Waals surface area contributed by atoms with Crippen molar-refractivity contribution in [1.82, 2.24) is 9.99 Å². The number of hydrazone groups is 1. The van der Waals surface area contributed by atoms with Gasteiger partial charge in [0.15, 0.2) is 5.11 Å². The highest BCUT2D eigenvalue weighted by Crippen LogP contribution is 2.28. The van der Waals surface area contributed by atoms with Crippen molar-refractivity contribution < 1.29 is 0 Å². The van der Waals surface area contributed by atoms with Crippen molar-refractivity contribution >= 4 is 23.5 Å². The fourth-order valence-electron chi connectivity index (χ4n) is 2.28. The lowest BCUT2D eigenvalue weighted by atomic mass is 9.95. The van der Waals surface area contributed by atoms with Crippen molar-refractivity contribution in [2.45, 2.75) is 38.1 Å². The van der Waals surface area contributed by atoms with Gasteiger partial charge in [0, 0.05) is 24.0 Å². The second-order valence-corrected chi connectivity index (χ2v) is 4.86. The number of nitrogens with two attached hydrogens (primary N) is 1. The third kappa shape index (κ3) is 3.56. The van der Waals surface area contributed by atoms with Crippen LogP contribution in [0, 0.1) is 0 Å². The summed E-state index contributed by atoms with van der Waals surface area (Å²) < 4.78 is 2.29. The number of aromatic nitrogens is 1. The Morgan fingerprint density at radius 1 is 1.47 bits per heavy atom. The molecule has 0 spiro atoms. The highest BCUT2D eigenvalue weighted by Gasteiger charge is 2.14. The summed E-state index contributed by atoms with van der Waals surface area (Å²) in [5.41, 5.74) is 8.90. The Morgan fingerprint density at radius 2 is 2.24 bits per heavy atom. The Labute approximate surface area is 107 Å². The summed E-state index contributed by atoms with van der Waals surface area (Å²) >= 11 is 4.67. The first-order valence-corrected chi connectivity index (χ1v) is 6.42. The Hall–Kier alpha value is -1.36. The van der Waals surface area contributed by atoms with Crippen molar-refractivity contribution in [2.75, 3.05) is 0 Å². The zero-order valence-corrected chi connectivity index (χ0v) is 10.6. The van der Waals surface area contributed by atoms with Crippen LogP contribution in [0.4, 0.5) is 0 Å². The molecule has 2 rings (SSSR count). The highest BCUT2D eigenvalue weighted by atomic mass is 32.1. The Balaban J connectivity index is 1.95. The van der Waals surface area contributed by atoms with Gasteiger partial charge < -0.3 is 10.3 Å². The van der Waals surface area contributed by atoms with E-state index in [1.165, 1.54) is 32.1 Å². The van der Waals surface area contributed by atoms with Crippen LogP contribution in [0.25, 0.3) is 0 Å². The molecule has 0 amide bonds. The molecule has 1 aliphatic carbocycles. The van der Waals surface area contributed by atoms with Crippen LogP contribution in [0.1, 0.15) is 43.7 Å². The van der Waals surface area contributed by atoms with Gasteiger partial charge >= 0.3 is 0 Å². The lowest BCUT2D eigenvalue weighted by molar-refractivity contribution is 0.354. The van der Waals surface area contributed by atoms with E-state index in [2.05, 4.69) is 45.8 Å². The molecule has 0 aliphatic heterocycles. The van der Waals surface area contributed by atoms with E-state index in [-0.39, 0.29) is 5.11 Å². The average Bonchev–Trinajstić information content (AvgIpc) is 2.78. The van der Waals surface area contributed by atoms with Gasteiger partial charge in [-0.05, 0) is 31.1 Å². The molecule has 0 unspecified atom stereocenters. The molecule has 1 aromatic rings. The molecule has 4 nitrogen and oxygen atoms in total. The third-order valence-corrected chi connectivity index (χ3v) is 3.21. The standard InChI is InChI=1S/C12H18N4S/c13-12(17)15-14-8-10-6-7-16(9-10)11-4-2-1-3-5-11/h6-9,11H,1-5H2,(H3,13,15,17)/b14-8-. The molecular weight excluding hydrogens is 232 g/mol. The molecule has 0 saturated heterocycles. The second-order valence-electron chi connectivity index (χ2n) is 4.42. The van der Waals surface area contributed by atoms with Crippen molar-refractivity contribution in [1.29, 1.82) is 0 Å². The summed E-state index contributed by atoms with van der Waals surface area (Å²) in [5.74, 6) is 0. The fraction of sp³-hybridized carbons (Fsp3) is 0.500. The van der Waals surface area contributed by atoms with E-state index in [0.717, 1.165) is 5.56 Å². The predicted molar refractivity (Wildman–Crippen MR) is 74.1 cm³/mol. The van der Waals surface area contributed by atoms with Gasteiger partial charge in [0.25, 0.3) is 0 Å². The number of nitrogens with zero attached hydrogens (tertiary/aromatic N) is 2. The molecule has 0 bridgehead atoms. The molecule has 17 heavy (non-hydrogen) atoms. The van der Waals surface area contributed by atoms with Crippen molar-refractivity contribution in [3.63, 3.8) is 0 Å². The van der Waals surface area contributed by atoms with Crippen LogP contribution in [0.3, 0.4) is 0 Å². The van der Waals surface area contributed by atoms with Gasteiger partial charge in [0.05, 0.1) is 6.21 Å². The summed E-state index contributed by atoms with van der Waals surface area (Å²) in [6.45, 7) is 0. The number of rotatable bonds is 3. The monoisotopic (exact) mass is 250 g/mol. The minimum atomic E-state index is 0.188. The van der Waals surface area contributed by atoms with Gasteiger partial charge in [-0.2, -0.15) is 5.10 Å². The minimum absolute atomic E-state index is 0.188. The first-order chi connectivity index (χ1) is 8.25. The molecule has 92 valence electrons. The molecule has 1 fully saturated rings. The third-order valence-electron chi connectivity index (χ3n) is 3.12. The lowest BCUT2D eigenvalue weighted by Gasteiger charge is -2.23. The molecule has 1 saturated carbocycles. The van der Waals surface area contributed by atoms with E-state index >= 15 is 0 Å². The zero-order chi connectivity index (χ0) is 12.1. The quantitative estimate of drug-likeness (QED) is 0.491. The maximum Gasteiger partial charge on any atom is 0.184 e. The van der Waals surface area contributed by atoms with E-state index < -0.39 is 0 Å². The van der Waals surface area contributed by atoms with E-state index in [1.54, 1.807) is 6.21 Å². The fourth-order valence-corrected chi connectivity index (χ4v) is 2.34. The summed E-state index contributed by atoms with van der Waals surface area (Å²) in [6, 6.07) is 2.72. The van der Waals surface area contributed by atoms with Gasteiger partial charge in [0.1, 0.15) is 0 Å². The molecule has 1 heterocycles. The van der Waals surface area contributed by atoms with Crippen molar-refractivity contribution in [2.24, 2.45) is 10.8 Å². The van der Waals surface area contributed by atoms with Crippen LogP contribution in [-0.4, -0.2) is 15.9 Å². The van der Waals surface area contributed by atoms with Crippen LogP contribution in [-0.2, 0) is 0 Å². The number of nitrogens with one attached hydrogen (secondary N) is 1. The van der Waals surface area contributed by atoms with Gasteiger partial charge in [-0.25, -0.2) is 0 Å². The highest BCUT2D eigenvalue weighted by molar-refractivity contribution is 7.80.